The first-order valence-electron chi connectivity index (χ1n) is 9.37. The molecule has 0 bridgehead atoms. The van der Waals surface area contributed by atoms with Gasteiger partial charge >= 0.3 is 0 Å². The van der Waals surface area contributed by atoms with Crippen molar-refractivity contribution < 1.29 is 14.6 Å². The van der Waals surface area contributed by atoms with Crippen LogP contribution in [0.2, 0.25) is 0 Å². The highest BCUT2D eigenvalue weighted by Crippen LogP contribution is 2.64. The van der Waals surface area contributed by atoms with Gasteiger partial charge in [0.05, 0.1) is 13.2 Å². The van der Waals surface area contributed by atoms with Gasteiger partial charge in [0, 0.05) is 18.4 Å². The average Bonchev–Trinajstić information content (AvgIpc) is 2.91. The molecule has 3 aliphatic rings. The molecule has 0 aromatic heterocycles. The lowest BCUT2D eigenvalue weighted by Crippen LogP contribution is -2.54. The third-order valence-electron chi connectivity index (χ3n) is 7.58. The Morgan fingerprint density at radius 1 is 1.28 bits per heavy atom. The highest BCUT2D eigenvalue weighted by molar-refractivity contribution is 5.42. The van der Waals surface area contributed by atoms with Gasteiger partial charge in [0.25, 0.3) is 0 Å². The molecule has 0 aliphatic heterocycles. The molecule has 1 aromatic rings. The number of aryl methyl sites for hydroxylation is 1. The summed E-state index contributed by atoms with van der Waals surface area (Å²) >= 11 is 0. The molecule has 2 fully saturated rings. The molecule has 25 heavy (non-hydrogen) atoms. The highest BCUT2D eigenvalue weighted by atomic mass is 16.5. The Hall–Kier alpha value is -1.50. The fourth-order valence-corrected chi connectivity index (χ4v) is 6.20. The molecule has 1 aromatic carbocycles. The van der Waals surface area contributed by atoms with Gasteiger partial charge in [0.1, 0.15) is 11.4 Å². The summed E-state index contributed by atoms with van der Waals surface area (Å²) in [5, 5.41) is 11.1. The number of aliphatic hydroxyl groups is 1. The fraction of sp³-hybridized carbons (Fsp3) is 0.636. The van der Waals surface area contributed by atoms with Crippen molar-refractivity contribution in [2.75, 3.05) is 14.2 Å². The molecule has 1 N–H and O–H groups in total. The van der Waals surface area contributed by atoms with Crippen LogP contribution in [0.15, 0.2) is 18.2 Å². The second-order valence-corrected chi connectivity index (χ2v) is 8.34. The van der Waals surface area contributed by atoms with E-state index in [0.717, 1.165) is 31.4 Å². The zero-order valence-electron chi connectivity index (χ0n) is 15.4. The molecule has 0 saturated heterocycles. The van der Waals surface area contributed by atoms with E-state index < -0.39 is 5.60 Å². The van der Waals surface area contributed by atoms with Crippen molar-refractivity contribution in [3.63, 3.8) is 0 Å². The van der Waals surface area contributed by atoms with Gasteiger partial charge in [-0.15, -0.1) is 6.42 Å². The van der Waals surface area contributed by atoms with Crippen LogP contribution in [-0.4, -0.2) is 31.0 Å². The largest absolute Gasteiger partial charge is 0.497 e. The van der Waals surface area contributed by atoms with Gasteiger partial charge in [0.15, 0.2) is 0 Å². The van der Waals surface area contributed by atoms with Crippen molar-refractivity contribution in [1.82, 2.24) is 0 Å². The maximum Gasteiger partial charge on any atom is 0.130 e. The van der Waals surface area contributed by atoms with E-state index >= 15 is 0 Å². The number of hydrogen-bond donors (Lipinski definition) is 1. The lowest BCUT2D eigenvalue weighted by molar-refractivity contribution is -0.116. The molecule has 3 heteroatoms. The van der Waals surface area contributed by atoms with E-state index in [-0.39, 0.29) is 11.5 Å². The van der Waals surface area contributed by atoms with Crippen LogP contribution in [0.25, 0.3) is 0 Å². The normalized spacial score (nSPS) is 42.0. The number of ether oxygens (including phenoxy) is 2. The summed E-state index contributed by atoms with van der Waals surface area (Å²) in [7, 11) is 3.52. The summed E-state index contributed by atoms with van der Waals surface area (Å²) < 4.78 is 11.4. The Kier molecular flexibility index (Phi) is 3.90. The van der Waals surface area contributed by atoms with E-state index in [1.807, 2.05) is 0 Å². The molecule has 0 radical (unpaired) electrons. The summed E-state index contributed by atoms with van der Waals surface area (Å²) in [6.07, 6.45) is 10.6. The van der Waals surface area contributed by atoms with Crippen molar-refractivity contribution in [1.29, 1.82) is 0 Å². The van der Waals surface area contributed by atoms with Gasteiger partial charge in [-0.3, -0.25) is 0 Å². The van der Waals surface area contributed by atoms with Crippen molar-refractivity contribution in [2.24, 2.45) is 17.3 Å². The van der Waals surface area contributed by atoms with Gasteiger partial charge < -0.3 is 14.6 Å². The molecular weight excluding hydrogens is 312 g/mol. The van der Waals surface area contributed by atoms with Crippen LogP contribution in [0, 0.1) is 29.6 Å². The van der Waals surface area contributed by atoms with Gasteiger partial charge in [-0.05, 0) is 67.2 Å². The molecule has 3 aliphatic carbocycles. The molecule has 0 heterocycles. The van der Waals surface area contributed by atoms with Crippen LogP contribution in [0.5, 0.6) is 5.75 Å². The second kappa shape index (κ2) is 5.76. The predicted octanol–water partition coefficient (Wildman–Crippen LogP) is 3.54. The SMILES string of the molecule is C#C[C@]1(O)CC[C@H]2[C@@H]3CCc4cc(OC)ccc4[C@H]3[C@@H](OC)C[C@@]21C. The number of terminal acetylenes is 1. The van der Waals surface area contributed by atoms with E-state index in [9.17, 15) is 5.11 Å². The maximum absolute atomic E-state index is 11.1. The summed E-state index contributed by atoms with van der Waals surface area (Å²) in [6, 6.07) is 6.47. The van der Waals surface area contributed by atoms with E-state index in [1.165, 1.54) is 11.1 Å². The van der Waals surface area contributed by atoms with Crippen molar-refractivity contribution in [3.05, 3.63) is 29.3 Å². The standard InChI is InChI=1S/C22H28O3/c1-5-22(23)11-10-18-17-8-6-14-12-15(24-3)7-9-16(14)20(17)19(25-4)13-21(18,22)2/h1,7,9,12,17-20,23H,6,8,10-11,13H2,2-4H3/t17-,18-,19-,20+,21-,22-/m0/s1. The molecule has 6 atom stereocenters. The zero-order chi connectivity index (χ0) is 17.8. The zero-order valence-corrected chi connectivity index (χ0v) is 15.4. The first-order chi connectivity index (χ1) is 12.0. The first kappa shape index (κ1) is 16.9. The minimum Gasteiger partial charge on any atom is -0.497 e. The molecule has 0 amide bonds. The van der Waals surface area contributed by atoms with Crippen LogP contribution >= 0.6 is 0 Å². The topological polar surface area (TPSA) is 38.7 Å². The van der Waals surface area contributed by atoms with Gasteiger partial charge in [0.2, 0.25) is 0 Å². The quantitative estimate of drug-likeness (QED) is 0.837. The minimum atomic E-state index is -1.00. The summed E-state index contributed by atoms with van der Waals surface area (Å²) in [4.78, 5) is 0. The van der Waals surface area contributed by atoms with E-state index in [4.69, 9.17) is 15.9 Å². The Morgan fingerprint density at radius 3 is 2.76 bits per heavy atom. The Bertz CT molecular complexity index is 720. The number of methoxy groups -OCH3 is 2. The Morgan fingerprint density at radius 2 is 2.08 bits per heavy atom. The summed E-state index contributed by atoms with van der Waals surface area (Å²) in [5.74, 6) is 5.03. The average molecular weight is 340 g/mol. The van der Waals surface area contributed by atoms with E-state index in [1.54, 1.807) is 14.2 Å². The summed E-state index contributed by atoms with van der Waals surface area (Å²) in [6.45, 7) is 2.19. The monoisotopic (exact) mass is 340 g/mol. The van der Waals surface area contributed by atoms with Crippen LogP contribution in [-0.2, 0) is 11.2 Å². The second-order valence-electron chi connectivity index (χ2n) is 8.34. The molecular formula is C22H28O3. The molecule has 2 saturated carbocycles. The van der Waals surface area contributed by atoms with Gasteiger partial charge in [-0.1, -0.05) is 18.9 Å². The molecule has 134 valence electrons. The number of hydrogen-bond acceptors (Lipinski definition) is 3. The maximum atomic E-state index is 11.1. The van der Waals surface area contributed by atoms with Crippen LogP contribution in [0.1, 0.15) is 49.7 Å². The first-order valence-corrected chi connectivity index (χ1v) is 9.37. The Balaban J connectivity index is 1.77. The highest BCUT2D eigenvalue weighted by Gasteiger charge is 2.63. The predicted molar refractivity (Wildman–Crippen MR) is 97.6 cm³/mol. The third-order valence-corrected chi connectivity index (χ3v) is 7.58. The molecule has 4 rings (SSSR count). The van der Waals surface area contributed by atoms with Crippen molar-refractivity contribution in [2.45, 2.75) is 56.7 Å². The fourth-order valence-electron chi connectivity index (χ4n) is 6.20. The number of benzene rings is 1. The molecule has 0 spiro atoms. The lowest BCUT2D eigenvalue weighted by Gasteiger charge is -2.54. The van der Waals surface area contributed by atoms with E-state index in [0.29, 0.717) is 24.2 Å². The van der Waals surface area contributed by atoms with Crippen LogP contribution in [0.4, 0.5) is 0 Å². The van der Waals surface area contributed by atoms with Crippen molar-refractivity contribution in [3.8, 4) is 18.1 Å². The molecule has 0 unspecified atom stereocenters. The van der Waals surface area contributed by atoms with Crippen LogP contribution in [0.3, 0.4) is 0 Å². The minimum absolute atomic E-state index is 0.0941. The van der Waals surface area contributed by atoms with Crippen LogP contribution < -0.4 is 4.74 Å². The molecule has 3 nitrogen and oxygen atoms in total. The van der Waals surface area contributed by atoms with Gasteiger partial charge in [-0.2, -0.15) is 0 Å². The summed E-state index contributed by atoms with van der Waals surface area (Å²) in [5.41, 5.74) is 1.53. The lowest BCUT2D eigenvalue weighted by atomic mass is 9.52. The third kappa shape index (κ3) is 2.20. The smallest absolute Gasteiger partial charge is 0.130 e. The van der Waals surface area contributed by atoms with E-state index in [2.05, 4.69) is 31.0 Å². The van der Waals surface area contributed by atoms with Gasteiger partial charge in [-0.25, -0.2) is 0 Å². The van der Waals surface area contributed by atoms with Crippen molar-refractivity contribution >= 4 is 0 Å². The number of fused-ring (bicyclic) bond motifs is 5. The Labute approximate surface area is 150 Å². The number of rotatable bonds is 2.